The lowest BCUT2D eigenvalue weighted by atomic mass is 9.79. The molecule has 0 aromatic heterocycles. The molecule has 0 amide bonds. The molecule has 1 aliphatic carbocycles. The standard InChI is InChI=1S/C8H14O/c1-2-4-8(5-3-1)6-7-9-8/h1-7H2. The van der Waals surface area contributed by atoms with Crippen molar-refractivity contribution in [2.75, 3.05) is 6.61 Å². The number of hydrogen-bond acceptors (Lipinski definition) is 1. The summed E-state index contributed by atoms with van der Waals surface area (Å²) in [7, 11) is 0. The maximum atomic E-state index is 5.56. The van der Waals surface area contributed by atoms with E-state index in [2.05, 4.69) is 0 Å². The van der Waals surface area contributed by atoms with Crippen LogP contribution in [0.1, 0.15) is 38.5 Å². The van der Waals surface area contributed by atoms with Gasteiger partial charge in [0.05, 0.1) is 12.2 Å². The second kappa shape index (κ2) is 1.98. The van der Waals surface area contributed by atoms with E-state index in [0.29, 0.717) is 5.60 Å². The molecule has 1 heteroatoms. The van der Waals surface area contributed by atoms with Crippen molar-refractivity contribution in [2.45, 2.75) is 44.1 Å². The van der Waals surface area contributed by atoms with Crippen LogP contribution in [0.4, 0.5) is 0 Å². The average Bonchev–Trinajstić information content (AvgIpc) is 1.87. The maximum absolute atomic E-state index is 5.56. The first kappa shape index (κ1) is 5.72. The van der Waals surface area contributed by atoms with Crippen molar-refractivity contribution in [3.8, 4) is 0 Å². The number of rotatable bonds is 0. The third-order valence-electron chi connectivity index (χ3n) is 2.73. The van der Waals surface area contributed by atoms with Crippen LogP contribution in [0, 0.1) is 0 Å². The summed E-state index contributed by atoms with van der Waals surface area (Å²) >= 11 is 0. The predicted molar refractivity (Wildman–Crippen MR) is 36.4 cm³/mol. The zero-order valence-electron chi connectivity index (χ0n) is 5.86. The Balaban J connectivity index is 1.93. The van der Waals surface area contributed by atoms with E-state index in [4.69, 9.17) is 4.74 Å². The van der Waals surface area contributed by atoms with E-state index < -0.39 is 0 Å². The van der Waals surface area contributed by atoms with Gasteiger partial charge in [0.2, 0.25) is 0 Å². The highest BCUT2D eigenvalue weighted by atomic mass is 16.5. The quantitative estimate of drug-likeness (QED) is 0.483. The van der Waals surface area contributed by atoms with Gasteiger partial charge in [-0.3, -0.25) is 0 Å². The fourth-order valence-electron chi connectivity index (χ4n) is 1.98. The first-order chi connectivity index (χ1) is 4.41. The van der Waals surface area contributed by atoms with Crippen LogP contribution in [0.5, 0.6) is 0 Å². The molecular weight excluding hydrogens is 112 g/mol. The van der Waals surface area contributed by atoms with Gasteiger partial charge in [0.25, 0.3) is 0 Å². The molecule has 0 atom stereocenters. The molecule has 2 aliphatic rings. The van der Waals surface area contributed by atoms with Crippen molar-refractivity contribution >= 4 is 0 Å². The lowest BCUT2D eigenvalue weighted by molar-refractivity contribution is -0.164. The first-order valence-corrected chi connectivity index (χ1v) is 4.05. The largest absolute Gasteiger partial charge is 0.375 e. The minimum atomic E-state index is 0.401. The van der Waals surface area contributed by atoms with Crippen molar-refractivity contribution in [1.29, 1.82) is 0 Å². The molecule has 0 aromatic rings. The Bertz CT molecular complexity index is 97.1. The summed E-state index contributed by atoms with van der Waals surface area (Å²) in [6, 6.07) is 0. The van der Waals surface area contributed by atoms with Crippen molar-refractivity contribution in [2.24, 2.45) is 0 Å². The Labute approximate surface area is 56.4 Å². The summed E-state index contributed by atoms with van der Waals surface area (Å²) in [6.45, 7) is 1.03. The van der Waals surface area contributed by atoms with Crippen LogP contribution in [0.25, 0.3) is 0 Å². The summed E-state index contributed by atoms with van der Waals surface area (Å²) in [5, 5.41) is 0. The van der Waals surface area contributed by atoms with Crippen LogP contribution in [0.15, 0.2) is 0 Å². The van der Waals surface area contributed by atoms with Crippen LogP contribution >= 0.6 is 0 Å². The molecule has 2 rings (SSSR count). The second-order valence-corrected chi connectivity index (χ2v) is 3.34. The Morgan fingerprint density at radius 2 is 1.56 bits per heavy atom. The molecule has 0 bridgehead atoms. The molecule has 1 aliphatic heterocycles. The molecular formula is C8H14O. The molecule has 0 unspecified atom stereocenters. The lowest BCUT2D eigenvalue weighted by Gasteiger charge is -2.44. The van der Waals surface area contributed by atoms with Crippen LogP contribution in [0.2, 0.25) is 0 Å². The first-order valence-electron chi connectivity index (χ1n) is 4.05. The van der Waals surface area contributed by atoms with Crippen molar-refractivity contribution in [3.05, 3.63) is 0 Å². The smallest absolute Gasteiger partial charge is 0.0704 e. The minimum absolute atomic E-state index is 0.401. The Kier molecular flexibility index (Phi) is 1.26. The van der Waals surface area contributed by atoms with Crippen LogP contribution in [-0.2, 0) is 4.74 Å². The molecule has 0 radical (unpaired) electrons. The SMILES string of the molecule is C1CCC2(CC1)CCO2. The van der Waals surface area contributed by atoms with Gasteiger partial charge >= 0.3 is 0 Å². The van der Waals surface area contributed by atoms with Crippen LogP contribution < -0.4 is 0 Å². The van der Waals surface area contributed by atoms with E-state index in [1.54, 1.807) is 0 Å². The normalized spacial score (nSPS) is 32.0. The van der Waals surface area contributed by atoms with E-state index in [-0.39, 0.29) is 0 Å². The molecule has 0 aromatic carbocycles. The minimum Gasteiger partial charge on any atom is -0.375 e. The molecule has 1 saturated carbocycles. The zero-order chi connectivity index (χ0) is 6.16. The summed E-state index contributed by atoms with van der Waals surface area (Å²) in [5.41, 5.74) is 0.401. The van der Waals surface area contributed by atoms with Crippen molar-refractivity contribution in [3.63, 3.8) is 0 Å². The van der Waals surface area contributed by atoms with Gasteiger partial charge in [0.15, 0.2) is 0 Å². The average molecular weight is 126 g/mol. The lowest BCUT2D eigenvalue weighted by Crippen LogP contribution is -2.44. The van der Waals surface area contributed by atoms with E-state index in [1.165, 1.54) is 38.5 Å². The molecule has 2 fully saturated rings. The second-order valence-electron chi connectivity index (χ2n) is 3.34. The number of ether oxygens (including phenoxy) is 1. The van der Waals surface area contributed by atoms with Crippen molar-refractivity contribution < 1.29 is 4.74 Å². The van der Waals surface area contributed by atoms with Gasteiger partial charge in [-0.2, -0.15) is 0 Å². The van der Waals surface area contributed by atoms with Gasteiger partial charge in [0, 0.05) is 0 Å². The topological polar surface area (TPSA) is 9.23 Å². The van der Waals surface area contributed by atoms with Crippen molar-refractivity contribution in [1.82, 2.24) is 0 Å². The zero-order valence-corrected chi connectivity index (χ0v) is 5.86. The fraction of sp³-hybridized carbons (Fsp3) is 1.00. The molecule has 1 heterocycles. The van der Waals surface area contributed by atoms with Gasteiger partial charge in [-0.05, 0) is 19.3 Å². The van der Waals surface area contributed by atoms with Gasteiger partial charge < -0.3 is 4.74 Å². The van der Waals surface area contributed by atoms with Crippen LogP contribution in [0.3, 0.4) is 0 Å². The number of hydrogen-bond donors (Lipinski definition) is 0. The Morgan fingerprint density at radius 3 is 1.89 bits per heavy atom. The van der Waals surface area contributed by atoms with E-state index in [0.717, 1.165) is 6.61 Å². The summed E-state index contributed by atoms with van der Waals surface area (Å²) < 4.78 is 5.56. The van der Waals surface area contributed by atoms with E-state index in [1.807, 2.05) is 0 Å². The Morgan fingerprint density at radius 1 is 0.889 bits per heavy atom. The highest BCUT2D eigenvalue weighted by Crippen LogP contribution is 2.40. The molecule has 0 N–H and O–H groups in total. The van der Waals surface area contributed by atoms with E-state index in [9.17, 15) is 0 Å². The van der Waals surface area contributed by atoms with E-state index >= 15 is 0 Å². The summed E-state index contributed by atoms with van der Waals surface area (Å²) in [6.07, 6.45) is 8.26. The highest BCUT2D eigenvalue weighted by molar-refractivity contribution is 4.89. The molecule has 1 saturated heterocycles. The summed E-state index contributed by atoms with van der Waals surface area (Å²) in [5.74, 6) is 0. The fourth-order valence-corrected chi connectivity index (χ4v) is 1.98. The maximum Gasteiger partial charge on any atom is 0.0704 e. The third kappa shape index (κ3) is 0.877. The van der Waals surface area contributed by atoms with Gasteiger partial charge in [0.1, 0.15) is 0 Å². The van der Waals surface area contributed by atoms with Crippen LogP contribution in [-0.4, -0.2) is 12.2 Å². The monoisotopic (exact) mass is 126 g/mol. The third-order valence-corrected chi connectivity index (χ3v) is 2.73. The molecule has 9 heavy (non-hydrogen) atoms. The predicted octanol–water partition coefficient (Wildman–Crippen LogP) is 2.11. The van der Waals surface area contributed by atoms with Gasteiger partial charge in [-0.25, -0.2) is 0 Å². The Hall–Kier alpha value is -0.0400. The van der Waals surface area contributed by atoms with Gasteiger partial charge in [-0.1, -0.05) is 19.3 Å². The molecule has 1 nitrogen and oxygen atoms in total. The summed E-state index contributed by atoms with van der Waals surface area (Å²) in [4.78, 5) is 0. The van der Waals surface area contributed by atoms with Gasteiger partial charge in [-0.15, -0.1) is 0 Å². The molecule has 52 valence electrons. The highest BCUT2D eigenvalue weighted by Gasteiger charge is 2.38. The molecule has 1 spiro atoms.